The van der Waals surface area contributed by atoms with Crippen molar-refractivity contribution in [3.05, 3.63) is 36.5 Å². The van der Waals surface area contributed by atoms with Gasteiger partial charge in [-0.25, -0.2) is 9.13 Å². The zero-order valence-corrected chi connectivity index (χ0v) is 33.9. The van der Waals surface area contributed by atoms with Crippen LogP contribution < -0.4 is 0 Å². The van der Waals surface area contributed by atoms with Crippen molar-refractivity contribution in [1.82, 2.24) is 0 Å². The highest BCUT2D eigenvalue weighted by molar-refractivity contribution is 7.47. The molecule has 0 heterocycles. The summed E-state index contributed by atoms with van der Waals surface area (Å²) in [5.41, 5.74) is 0. The normalized spacial score (nSPS) is 15.3. The van der Waals surface area contributed by atoms with E-state index in [2.05, 4.69) is 42.0 Å². The molecular formula is C37H68O14P2. The van der Waals surface area contributed by atoms with E-state index >= 15 is 0 Å². The van der Waals surface area contributed by atoms with Gasteiger partial charge in [-0.1, -0.05) is 128 Å². The fourth-order valence-electron chi connectivity index (χ4n) is 4.89. The average molecular weight is 799 g/mol. The van der Waals surface area contributed by atoms with E-state index < -0.39 is 72.3 Å². The smallest absolute Gasteiger partial charge is 0.462 e. The third-order valence-corrected chi connectivity index (χ3v) is 9.25. The molecule has 53 heavy (non-hydrogen) atoms. The zero-order chi connectivity index (χ0) is 39.8. The van der Waals surface area contributed by atoms with Crippen LogP contribution in [0.2, 0.25) is 0 Å². The molecule has 14 nitrogen and oxygen atoms in total. The summed E-state index contributed by atoms with van der Waals surface area (Å²) < 4.78 is 47.5. The minimum Gasteiger partial charge on any atom is -0.462 e. The lowest BCUT2D eigenvalue weighted by Crippen LogP contribution is -2.30. The Hall–Kier alpha value is -1.70. The first-order valence-corrected chi connectivity index (χ1v) is 22.2. The molecular weight excluding hydrogens is 730 g/mol. The highest BCUT2D eigenvalue weighted by Gasteiger charge is 2.28. The molecule has 0 aromatic heterocycles. The molecule has 16 heteroatoms. The number of unbranched alkanes of at least 4 members (excludes halogenated alkanes) is 10. The highest BCUT2D eigenvalue weighted by Crippen LogP contribution is 2.43. The van der Waals surface area contributed by atoms with Crippen LogP contribution in [0.4, 0.5) is 0 Å². The molecule has 0 aromatic rings. The minimum atomic E-state index is -4.87. The first-order chi connectivity index (χ1) is 25.1. The fourth-order valence-corrected chi connectivity index (χ4v) is 6.05. The van der Waals surface area contributed by atoms with Gasteiger partial charge in [-0.15, -0.1) is 0 Å². The lowest BCUT2D eigenvalue weighted by Gasteiger charge is -2.20. The molecule has 0 aliphatic rings. The number of rotatable bonds is 35. The van der Waals surface area contributed by atoms with Gasteiger partial charge >= 0.3 is 27.6 Å². The van der Waals surface area contributed by atoms with E-state index in [-0.39, 0.29) is 12.8 Å². The van der Waals surface area contributed by atoms with E-state index in [0.29, 0.717) is 25.2 Å². The highest BCUT2D eigenvalue weighted by atomic mass is 31.2. The summed E-state index contributed by atoms with van der Waals surface area (Å²) in [5.74, 6) is -0.398. The van der Waals surface area contributed by atoms with Gasteiger partial charge in [0.2, 0.25) is 0 Å². The van der Waals surface area contributed by atoms with Crippen molar-refractivity contribution < 1.29 is 66.7 Å². The maximum Gasteiger partial charge on any atom is 0.472 e. The zero-order valence-electron chi connectivity index (χ0n) is 32.1. The molecule has 0 amide bonds. The molecule has 0 spiro atoms. The molecule has 4 atom stereocenters. The first kappa shape index (κ1) is 51.3. The van der Waals surface area contributed by atoms with Crippen LogP contribution in [-0.2, 0) is 41.8 Å². The van der Waals surface area contributed by atoms with E-state index in [9.17, 15) is 33.8 Å². The molecule has 5 N–H and O–H groups in total. The number of allylic oxidation sites excluding steroid dienone is 5. The van der Waals surface area contributed by atoms with E-state index in [0.717, 1.165) is 57.8 Å². The van der Waals surface area contributed by atoms with Gasteiger partial charge < -0.3 is 34.4 Å². The Morgan fingerprint density at radius 2 is 1.19 bits per heavy atom. The Balaban J connectivity index is 4.68. The van der Waals surface area contributed by atoms with Gasteiger partial charge in [0.25, 0.3) is 0 Å². The largest absolute Gasteiger partial charge is 0.472 e. The Morgan fingerprint density at radius 3 is 1.79 bits per heavy atom. The number of phosphoric acid groups is 2. The van der Waals surface area contributed by atoms with Gasteiger partial charge in [-0.05, 0) is 38.0 Å². The number of ether oxygens (including phenoxy) is 2. The number of esters is 2. The Morgan fingerprint density at radius 1 is 0.642 bits per heavy atom. The van der Waals surface area contributed by atoms with Gasteiger partial charge in [-0.3, -0.25) is 23.2 Å². The number of carbonyl (C=O) groups is 2. The lowest BCUT2D eigenvalue weighted by atomic mass is 10.0. The summed E-state index contributed by atoms with van der Waals surface area (Å²) in [6, 6.07) is 0. The molecule has 0 aliphatic carbocycles. The Labute approximate surface area is 317 Å². The van der Waals surface area contributed by atoms with Crippen LogP contribution in [0, 0.1) is 5.92 Å². The van der Waals surface area contributed by atoms with Crippen molar-refractivity contribution >= 4 is 27.6 Å². The third-order valence-electron chi connectivity index (χ3n) is 7.82. The number of hydrogen-bond acceptors (Lipinski definition) is 11. The summed E-state index contributed by atoms with van der Waals surface area (Å²) >= 11 is 0. The van der Waals surface area contributed by atoms with Crippen LogP contribution in [0.5, 0.6) is 0 Å². The SMILES string of the molecule is CC/C=C/C/C=C/C=C/C(O)CCCCCCCC(=O)O[C@H](COC(=O)CCCCCCCCCC(C)C)COP(=O)(O)OC[C@@H](O)COP(=O)(O)O. The number of phosphoric ester groups is 2. The van der Waals surface area contributed by atoms with Crippen LogP contribution in [0.1, 0.15) is 136 Å². The van der Waals surface area contributed by atoms with Crippen molar-refractivity contribution in [3.63, 3.8) is 0 Å². The van der Waals surface area contributed by atoms with E-state index in [4.69, 9.17) is 23.8 Å². The molecule has 0 saturated carbocycles. The van der Waals surface area contributed by atoms with Crippen LogP contribution in [0.25, 0.3) is 0 Å². The third kappa shape index (κ3) is 37.0. The maximum atomic E-state index is 12.6. The van der Waals surface area contributed by atoms with Gasteiger partial charge in [0.05, 0.1) is 25.9 Å². The molecule has 2 unspecified atom stereocenters. The predicted molar refractivity (Wildman–Crippen MR) is 204 cm³/mol. The predicted octanol–water partition coefficient (Wildman–Crippen LogP) is 7.77. The second-order valence-corrected chi connectivity index (χ2v) is 16.2. The van der Waals surface area contributed by atoms with Gasteiger partial charge in [0, 0.05) is 12.8 Å². The summed E-state index contributed by atoms with van der Waals surface area (Å²) in [5, 5.41) is 19.8. The molecule has 0 rings (SSSR count). The van der Waals surface area contributed by atoms with Crippen molar-refractivity contribution in [2.24, 2.45) is 5.92 Å². The second kappa shape index (κ2) is 32.5. The Bertz CT molecular complexity index is 1120. The van der Waals surface area contributed by atoms with Gasteiger partial charge in [0.15, 0.2) is 6.10 Å². The van der Waals surface area contributed by atoms with Crippen LogP contribution in [0.3, 0.4) is 0 Å². The standard InChI is InChI=1S/C37H68O14P2/c1-4-5-6-7-9-14-19-24-33(38)25-20-15-12-17-22-27-37(41)51-35(31-50-53(45,46)49-29-34(39)28-48-52(42,43)44)30-47-36(40)26-21-16-11-8-10-13-18-23-32(2)3/h5-6,9,14,19,24,32-35,38-39H,4,7-8,10-13,15-18,20-23,25-31H2,1-3H3,(H,45,46)(H2,42,43,44)/b6-5+,14-9+,24-19+/t33?,34-,35+/m0/s1. The molecule has 0 saturated heterocycles. The average Bonchev–Trinajstić information content (AvgIpc) is 3.09. The second-order valence-electron chi connectivity index (χ2n) is 13.5. The lowest BCUT2D eigenvalue weighted by molar-refractivity contribution is -0.161. The minimum absolute atomic E-state index is 0.0616. The first-order valence-electron chi connectivity index (χ1n) is 19.1. The van der Waals surface area contributed by atoms with E-state index in [1.165, 1.54) is 25.7 Å². The van der Waals surface area contributed by atoms with Crippen molar-refractivity contribution in [2.45, 2.75) is 155 Å². The molecule has 0 aliphatic heterocycles. The fraction of sp³-hybridized carbons (Fsp3) is 0.784. The van der Waals surface area contributed by atoms with Crippen LogP contribution >= 0.6 is 15.6 Å². The number of hydrogen-bond donors (Lipinski definition) is 5. The van der Waals surface area contributed by atoms with Crippen molar-refractivity contribution in [1.29, 1.82) is 0 Å². The summed E-state index contributed by atoms with van der Waals surface area (Å²) in [6.45, 7) is 3.72. The van der Waals surface area contributed by atoms with Crippen molar-refractivity contribution in [2.75, 3.05) is 26.4 Å². The van der Waals surface area contributed by atoms with Crippen LogP contribution in [0.15, 0.2) is 36.5 Å². The van der Waals surface area contributed by atoms with Crippen LogP contribution in [-0.4, -0.2) is 81.6 Å². The quantitative estimate of drug-likeness (QED) is 0.0136. The molecule has 0 aromatic carbocycles. The van der Waals surface area contributed by atoms with Crippen molar-refractivity contribution in [3.8, 4) is 0 Å². The number of aliphatic hydroxyl groups is 2. The molecule has 310 valence electrons. The molecule has 0 fully saturated rings. The number of carbonyl (C=O) groups excluding carboxylic acids is 2. The van der Waals surface area contributed by atoms with Gasteiger partial charge in [-0.2, -0.15) is 0 Å². The van der Waals surface area contributed by atoms with Gasteiger partial charge in [0.1, 0.15) is 12.7 Å². The summed E-state index contributed by atoms with van der Waals surface area (Å²) in [4.78, 5) is 52.4. The summed E-state index contributed by atoms with van der Waals surface area (Å²) in [6.07, 6.45) is 23.4. The van der Waals surface area contributed by atoms with E-state index in [1.807, 2.05) is 18.2 Å². The monoisotopic (exact) mass is 798 g/mol. The maximum absolute atomic E-state index is 12.6. The molecule has 0 bridgehead atoms. The van der Waals surface area contributed by atoms with E-state index in [1.54, 1.807) is 6.08 Å². The number of aliphatic hydroxyl groups excluding tert-OH is 2. The Kier molecular flexibility index (Phi) is 31.5. The topological polar surface area (TPSA) is 216 Å². The molecule has 0 radical (unpaired) electrons. The summed E-state index contributed by atoms with van der Waals surface area (Å²) in [7, 11) is -9.69.